The highest BCUT2D eigenvalue weighted by Gasteiger charge is 2.13. The van der Waals surface area contributed by atoms with E-state index in [4.69, 9.17) is 17.0 Å². The normalized spacial score (nSPS) is 10.7. The Morgan fingerprint density at radius 3 is 2.71 bits per heavy atom. The Hall–Kier alpha value is -2.31. The summed E-state index contributed by atoms with van der Waals surface area (Å²) in [5, 5.41) is 7.20. The Balaban J connectivity index is 2.20. The van der Waals surface area contributed by atoms with Gasteiger partial charge in [0, 0.05) is 30.6 Å². The molecule has 2 heterocycles. The van der Waals surface area contributed by atoms with Crippen LogP contribution in [0.3, 0.4) is 0 Å². The predicted molar refractivity (Wildman–Crippen MR) is 82.7 cm³/mol. The molecule has 3 aromatic rings. The molecule has 0 aliphatic carbocycles. The number of rotatable bonds is 4. The number of aromatic amines is 1. The van der Waals surface area contributed by atoms with Gasteiger partial charge in [-0.2, -0.15) is 5.10 Å². The standard InChI is InChI=1S/C15H14N4OS/c1-20-10-12-4-2-3-5-13(12)19-14(17-18-15(19)21)11-6-8-16-9-7-11/h2-9H,10H2,1H3,(H,18,21). The second kappa shape index (κ2) is 5.99. The molecule has 1 N–H and O–H groups in total. The number of nitrogens with zero attached hydrogens (tertiary/aromatic N) is 3. The second-order valence-electron chi connectivity index (χ2n) is 4.49. The molecule has 0 bridgehead atoms. The van der Waals surface area contributed by atoms with Gasteiger partial charge >= 0.3 is 0 Å². The van der Waals surface area contributed by atoms with Gasteiger partial charge < -0.3 is 4.74 Å². The third-order valence-electron chi connectivity index (χ3n) is 3.14. The molecule has 1 aromatic carbocycles. The number of H-pyrrole nitrogens is 1. The van der Waals surface area contributed by atoms with E-state index < -0.39 is 0 Å². The van der Waals surface area contributed by atoms with Crippen molar-refractivity contribution in [3.05, 3.63) is 59.1 Å². The Morgan fingerprint density at radius 1 is 1.19 bits per heavy atom. The minimum atomic E-state index is 0.513. The molecule has 3 rings (SSSR count). The first-order valence-corrected chi connectivity index (χ1v) is 6.87. The van der Waals surface area contributed by atoms with Crippen LogP contribution in [0.5, 0.6) is 0 Å². The number of hydrogen-bond donors (Lipinski definition) is 1. The summed E-state index contributed by atoms with van der Waals surface area (Å²) in [6, 6.07) is 11.8. The highest BCUT2D eigenvalue weighted by Crippen LogP contribution is 2.23. The van der Waals surface area contributed by atoms with Crippen LogP contribution in [-0.4, -0.2) is 26.9 Å². The van der Waals surface area contributed by atoms with Crippen LogP contribution in [0.2, 0.25) is 0 Å². The first-order chi connectivity index (χ1) is 10.3. The molecule has 0 radical (unpaired) electrons. The van der Waals surface area contributed by atoms with Gasteiger partial charge in [-0.25, -0.2) is 0 Å². The Morgan fingerprint density at radius 2 is 1.95 bits per heavy atom. The molecule has 0 aliphatic rings. The fourth-order valence-corrected chi connectivity index (χ4v) is 2.45. The topological polar surface area (TPSA) is 55.7 Å². The number of hydrogen-bond acceptors (Lipinski definition) is 4. The minimum Gasteiger partial charge on any atom is -0.380 e. The smallest absolute Gasteiger partial charge is 0.200 e. The second-order valence-corrected chi connectivity index (χ2v) is 4.87. The molecule has 0 unspecified atom stereocenters. The van der Waals surface area contributed by atoms with Crippen molar-refractivity contribution < 1.29 is 4.74 Å². The zero-order valence-corrected chi connectivity index (χ0v) is 12.3. The van der Waals surface area contributed by atoms with E-state index in [2.05, 4.69) is 15.2 Å². The monoisotopic (exact) mass is 298 g/mol. The van der Waals surface area contributed by atoms with Gasteiger partial charge in [-0.3, -0.25) is 14.6 Å². The molecule has 21 heavy (non-hydrogen) atoms. The lowest BCUT2D eigenvalue weighted by Gasteiger charge is -2.11. The van der Waals surface area contributed by atoms with Crippen molar-refractivity contribution in [1.82, 2.24) is 19.7 Å². The van der Waals surface area contributed by atoms with Crippen LogP contribution in [0.25, 0.3) is 17.1 Å². The van der Waals surface area contributed by atoms with Crippen molar-refractivity contribution in [2.75, 3.05) is 7.11 Å². The van der Waals surface area contributed by atoms with E-state index in [1.807, 2.05) is 41.0 Å². The molecule has 106 valence electrons. The number of aromatic nitrogens is 4. The van der Waals surface area contributed by atoms with Gasteiger partial charge in [-0.15, -0.1) is 0 Å². The maximum atomic E-state index is 5.39. The quantitative estimate of drug-likeness (QED) is 0.752. The number of methoxy groups -OCH3 is 1. The fourth-order valence-electron chi connectivity index (χ4n) is 2.22. The van der Waals surface area contributed by atoms with Gasteiger partial charge in [0.05, 0.1) is 12.3 Å². The highest BCUT2D eigenvalue weighted by molar-refractivity contribution is 7.71. The minimum absolute atomic E-state index is 0.513. The lowest BCUT2D eigenvalue weighted by atomic mass is 10.1. The molecule has 2 aromatic heterocycles. The van der Waals surface area contributed by atoms with Crippen LogP contribution in [-0.2, 0) is 11.3 Å². The third-order valence-corrected chi connectivity index (χ3v) is 3.42. The van der Waals surface area contributed by atoms with E-state index in [-0.39, 0.29) is 0 Å². The molecular formula is C15H14N4OS. The zero-order valence-electron chi connectivity index (χ0n) is 11.5. The largest absolute Gasteiger partial charge is 0.380 e. The first kappa shape index (κ1) is 13.7. The summed E-state index contributed by atoms with van der Waals surface area (Å²) in [6.07, 6.45) is 3.47. The highest BCUT2D eigenvalue weighted by atomic mass is 32.1. The van der Waals surface area contributed by atoms with Gasteiger partial charge in [0.1, 0.15) is 0 Å². The van der Waals surface area contributed by atoms with Gasteiger partial charge in [0.2, 0.25) is 0 Å². The maximum Gasteiger partial charge on any atom is 0.200 e. The lowest BCUT2D eigenvalue weighted by Crippen LogP contribution is -2.03. The first-order valence-electron chi connectivity index (χ1n) is 6.46. The fraction of sp³-hybridized carbons (Fsp3) is 0.133. The molecule has 5 nitrogen and oxygen atoms in total. The Kier molecular flexibility index (Phi) is 3.89. The van der Waals surface area contributed by atoms with Crippen molar-refractivity contribution in [2.45, 2.75) is 6.61 Å². The molecule has 0 saturated carbocycles. The molecule has 0 fully saturated rings. The number of ether oxygens (including phenoxy) is 1. The predicted octanol–water partition coefficient (Wildman–Crippen LogP) is 3.14. The van der Waals surface area contributed by atoms with E-state index in [0.29, 0.717) is 11.4 Å². The van der Waals surface area contributed by atoms with Crippen molar-refractivity contribution in [2.24, 2.45) is 0 Å². The Bertz CT molecular complexity index is 795. The SMILES string of the molecule is COCc1ccccc1-n1c(-c2ccncc2)n[nH]c1=S. The van der Waals surface area contributed by atoms with Crippen LogP contribution in [0.15, 0.2) is 48.8 Å². The molecule has 0 atom stereocenters. The van der Waals surface area contributed by atoms with E-state index in [0.717, 1.165) is 22.6 Å². The van der Waals surface area contributed by atoms with E-state index >= 15 is 0 Å². The molecule has 0 saturated heterocycles. The summed E-state index contributed by atoms with van der Waals surface area (Å²) in [6.45, 7) is 0.513. The van der Waals surface area contributed by atoms with E-state index in [1.165, 1.54) is 0 Å². The number of para-hydroxylation sites is 1. The summed E-state index contributed by atoms with van der Waals surface area (Å²) in [5.41, 5.74) is 2.96. The Labute approximate surface area is 127 Å². The average molecular weight is 298 g/mol. The molecular weight excluding hydrogens is 284 g/mol. The van der Waals surface area contributed by atoms with Crippen molar-refractivity contribution in [3.8, 4) is 17.1 Å². The van der Waals surface area contributed by atoms with Crippen molar-refractivity contribution in [3.63, 3.8) is 0 Å². The molecule has 0 amide bonds. The summed E-state index contributed by atoms with van der Waals surface area (Å²) in [5.74, 6) is 0.756. The number of nitrogens with one attached hydrogen (secondary N) is 1. The number of benzene rings is 1. The van der Waals surface area contributed by atoms with Gasteiger partial charge in [-0.1, -0.05) is 18.2 Å². The van der Waals surface area contributed by atoms with Crippen LogP contribution < -0.4 is 0 Å². The van der Waals surface area contributed by atoms with Gasteiger partial charge in [0.25, 0.3) is 0 Å². The maximum absolute atomic E-state index is 5.39. The molecule has 0 spiro atoms. The van der Waals surface area contributed by atoms with Crippen molar-refractivity contribution >= 4 is 12.2 Å². The summed E-state index contributed by atoms with van der Waals surface area (Å²) in [7, 11) is 1.68. The van der Waals surface area contributed by atoms with Crippen LogP contribution in [0.1, 0.15) is 5.56 Å². The van der Waals surface area contributed by atoms with Crippen LogP contribution in [0.4, 0.5) is 0 Å². The van der Waals surface area contributed by atoms with Crippen LogP contribution in [0, 0.1) is 4.77 Å². The van der Waals surface area contributed by atoms with Gasteiger partial charge in [0.15, 0.2) is 10.6 Å². The van der Waals surface area contributed by atoms with E-state index in [1.54, 1.807) is 19.5 Å². The summed E-state index contributed by atoms with van der Waals surface area (Å²) < 4.78 is 7.73. The van der Waals surface area contributed by atoms with Gasteiger partial charge in [-0.05, 0) is 30.4 Å². The molecule has 0 aliphatic heterocycles. The summed E-state index contributed by atoms with van der Waals surface area (Å²) in [4.78, 5) is 4.03. The van der Waals surface area contributed by atoms with E-state index in [9.17, 15) is 0 Å². The summed E-state index contributed by atoms with van der Waals surface area (Å²) >= 11 is 5.39. The zero-order chi connectivity index (χ0) is 14.7. The third kappa shape index (κ3) is 2.63. The lowest BCUT2D eigenvalue weighted by molar-refractivity contribution is 0.185. The number of pyridine rings is 1. The average Bonchev–Trinajstić information content (AvgIpc) is 2.91. The van der Waals surface area contributed by atoms with Crippen LogP contribution >= 0.6 is 12.2 Å². The van der Waals surface area contributed by atoms with Crippen molar-refractivity contribution in [1.29, 1.82) is 0 Å². The molecule has 6 heteroatoms.